The normalized spacial score (nSPS) is 9.91. The molecule has 0 atom stereocenters. The summed E-state index contributed by atoms with van der Waals surface area (Å²) in [6.45, 7) is -0.375. The maximum Gasteiger partial charge on any atom is 0.161 e. The van der Waals surface area contributed by atoms with Crippen molar-refractivity contribution in [3.63, 3.8) is 0 Å². The average Bonchev–Trinajstić information content (AvgIpc) is 1.97. The van der Waals surface area contributed by atoms with Crippen LogP contribution in [0.25, 0.3) is 0 Å². The number of hydrogen-bond donors (Lipinski definition) is 4. The van der Waals surface area contributed by atoms with E-state index in [-0.39, 0.29) is 23.7 Å². The Balaban J connectivity index is 3.21. The van der Waals surface area contributed by atoms with Gasteiger partial charge in [-0.15, -0.1) is 0 Å². The van der Waals surface area contributed by atoms with Crippen molar-refractivity contribution in [1.29, 1.82) is 0 Å². The summed E-state index contributed by atoms with van der Waals surface area (Å²) >= 11 is 0. The zero-order valence-corrected chi connectivity index (χ0v) is 5.65. The summed E-state index contributed by atoms with van der Waals surface area (Å²) < 4.78 is 0. The number of aromatic hydroxyl groups is 3. The standard InChI is InChI=1S/C7H8O4/c8-3-4-1-6(10)7(11)2-5(4)9/h1-2,8-11H,3H2. The molecule has 0 fully saturated rings. The van der Waals surface area contributed by atoms with Gasteiger partial charge in [-0.05, 0) is 6.07 Å². The Morgan fingerprint density at radius 1 is 0.909 bits per heavy atom. The molecule has 0 aliphatic rings. The second-order valence-corrected chi connectivity index (χ2v) is 2.13. The first-order valence-corrected chi connectivity index (χ1v) is 3.00. The highest BCUT2D eigenvalue weighted by atomic mass is 16.3. The molecule has 4 heteroatoms. The number of aliphatic hydroxyl groups is 1. The van der Waals surface area contributed by atoms with Crippen molar-refractivity contribution in [2.24, 2.45) is 0 Å². The number of hydrogen-bond acceptors (Lipinski definition) is 4. The van der Waals surface area contributed by atoms with E-state index in [1.807, 2.05) is 0 Å². The van der Waals surface area contributed by atoms with Crippen LogP contribution in [0.3, 0.4) is 0 Å². The molecule has 0 aromatic heterocycles. The van der Waals surface area contributed by atoms with Gasteiger partial charge in [-0.1, -0.05) is 0 Å². The molecule has 0 spiro atoms. The molecule has 0 amide bonds. The van der Waals surface area contributed by atoms with E-state index in [1.54, 1.807) is 0 Å². The highest BCUT2D eigenvalue weighted by Crippen LogP contribution is 2.31. The van der Waals surface area contributed by atoms with Crippen LogP contribution in [0.5, 0.6) is 17.2 Å². The first kappa shape index (κ1) is 7.68. The third-order valence-electron chi connectivity index (χ3n) is 1.35. The molecule has 0 bridgehead atoms. The Labute approximate surface area is 63.0 Å². The maximum absolute atomic E-state index is 8.98. The predicted molar refractivity (Wildman–Crippen MR) is 37.4 cm³/mol. The lowest BCUT2D eigenvalue weighted by molar-refractivity contribution is 0.274. The monoisotopic (exact) mass is 156 g/mol. The predicted octanol–water partition coefficient (Wildman–Crippen LogP) is 0.296. The van der Waals surface area contributed by atoms with Gasteiger partial charge in [0, 0.05) is 11.6 Å². The first-order chi connectivity index (χ1) is 5.15. The van der Waals surface area contributed by atoms with Gasteiger partial charge in [-0.3, -0.25) is 0 Å². The lowest BCUT2D eigenvalue weighted by Gasteiger charge is -2.02. The molecule has 4 N–H and O–H groups in total. The fourth-order valence-electron chi connectivity index (χ4n) is 0.736. The Kier molecular flexibility index (Phi) is 1.87. The van der Waals surface area contributed by atoms with Gasteiger partial charge in [0.15, 0.2) is 11.5 Å². The van der Waals surface area contributed by atoms with Crippen molar-refractivity contribution < 1.29 is 20.4 Å². The zero-order valence-electron chi connectivity index (χ0n) is 5.65. The van der Waals surface area contributed by atoms with Crippen LogP contribution in [-0.2, 0) is 6.61 Å². The number of phenolic OH excluding ortho intramolecular Hbond substituents is 2. The minimum Gasteiger partial charge on any atom is -0.507 e. The number of benzene rings is 1. The highest BCUT2D eigenvalue weighted by Gasteiger charge is 2.05. The lowest BCUT2D eigenvalue weighted by Crippen LogP contribution is -1.83. The quantitative estimate of drug-likeness (QED) is 0.348. The Morgan fingerprint density at radius 2 is 1.45 bits per heavy atom. The second kappa shape index (κ2) is 2.67. The van der Waals surface area contributed by atoms with Crippen LogP contribution in [0.1, 0.15) is 5.56 Å². The van der Waals surface area contributed by atoms with Gasteiger partial charge in [-0.25, -0.2) is 0 Å². The van der Waals surface area contributed by atoms with E-state index in [0.717, 1.165) is 12.1 Å². The molecule has 0 aliphatic carbocycles. The Hall–Kier alpha value is -1.42. The van der Waals surface area contributed by atoms with Crippen LogP contribution in [0.2, 0.25) is 0 Å². The van der Waals surface area contributed by atoms with E-state index >= 15 is 0 Å². The summed E-state index contributed by atoms with van der Waals surface area (Å²) in [5.74, 6) is -0.991. The van der Waals surface area contributed by atoms with E-state index in [9.17, 15) is 0 Å². The summed E-state index contributed by atoms with van der Waals surface area (Å²) in [4.78, 5) is 0. The van der Waals surface area contributed by atoms with E-state index in [0.29, 0.717) is 0 Å². The fourth-order valence-corrected chi connectivity index (χ4v) is 0.736. The van der Waals surface area contributed by atoms with E-state index < -0.39 is 5.75 Å². The summed E-state index contributed by atoms with van der Waals surface area (Å²) in [6, 6.07) is 2.07. The summed E-state index contributed by atoms with van der Waals surface area (Å²) in [5.41, 5.74) is 0.181. The first-order valence-electron chi connectivity index (χ1n) is 3.00. The van der Waals surface area contributed by atoms with Crippen molar-refractivity contribution >= 4 is 0 Å². The van der Waals surface area contributed by atoms with E-state index in [4.69, 9.17) is 20.4 Å². The van der Waals surface area contributed by atoms with Gasteiger partial charge < -0.3 is 20.4 Å². The Morgan fingerprint density at radius 3 is 2.00 bits per heavy atom. The third kappa shape index (κ3) is 1.35. The van der Waals surface area contributed by atoms with Crippen LogP contribution in [0.15, 0.2) is 12.1 Å². The van der Waals surface area contributed by atoms with Crippen molar-refractivity contribution in [3.05, 3.63) is 17.7 Å². The molecular weight excluding hydrogens is 148 g/mol. The largest absolute Gasteiger partial charge is 0.507 e. The molecule has 0 saturated carbocycles. The fraction of sp³-hybridized carbons (Fsp3) is 0.143. The molecule has 11 heavy (non-hydrogen) atoms. The summed E-state index contributed by atoms with van der Waals surface area (Å²) in [5, 5.41) is 35.3. The lowest BCUT2D eigenvalue weighted by atomic mass is 10.2. The molecule has 1 aromatic rings. The van der Waals surface area contributed by atoms with Crippen molar-refractivity contribution in [2.45, 2.75) is 6.61 Å². The van der Waals surface area contributed by atoms with E-state index in [2.05, 4.69) is 0 Å². The number of phenols is 3. The molecule has 1 aromatic carbocycles. The zero-order chi connectivity index (χ0) is 8.43. The van der Waals surface area contributed by atoms with Gasteiger partial charge in [0.05, 0.1) is 6.61 Å². The summed E-state index contributed by atoms with van der Waals surface area (Å²) in [7, 11) is 0. The minimum absolute atomic E-state index is 0.181. The topological polar surface area (TPSA) is 80.9 Å². The van der Waals surface area contributed by atoms with Crippen molar-refractivity contribution in [2.75, 3.05) is 0 Å². The molecular formula is C7H8O4. The average molecular weight is 156 g/mol. The molecule has 60 valence electrons. The van der Waals surface area contributed by atoms with Crippen molar-refractivity contribution in [1.82, 2.24) is 0 Å². The third-order valence-corrected chi connectivity index (χ3v) is 1.35. The van der Waals surface area contributed by atoms with Gasteiger partial charge in [0.1, 0.15) is 5.75 Å². The molecule has 0 saturated heterocycles. The second-order valence-electron chi connectivity index (χ2n) is 2.13. The smallest absolute Gasteiger partial charge is 0.161 e. The molecule has 4 nitrogen and oxygen atoms in total. The van der Waals surface area contributed by atoms with Crippen LogP contribution >= 0.6 is 0 Å². The summed E-state index contributed by atoms with van der Waals surface area (Å²) in [6.07, 6.45) is 0. The maximum atomic E-state index is 8.98. The SMILES string of the molecule is OCc1cc(O)c(O)cc1O. The van der Waals surface area contributed by atoms with Crippen LogP contribution in [0, 0.1) is 0 Å². The van der Waals surface area contributed by atoms with Gasteiger partial charge in [-0.2, -0.15) is 0 Å². The van der Waals surface area contributed by atoms with Crippen LogP contribution in [-0.4, -0.2) is 20.4 Å². The molecule has 0 aliphatic heterocycles. The van der Waals surface area contributed by atoms with Gasteiger partial charge >= 0.3 is 0 Å². The van der Waals surface area contributed by atoms with Gasteiger partial charge in [0.25, 0.3) is 0 Å². The molecule has 1 rings (SSSR count). The minimum atomic E-state index is -0.403. The van der Waals surface area contributed by atoms with E-state index in [1.165, 1.54) is 0 Å². The number of aliphatic hydroxyl groups excluding tert-OH is 1. The number of rotatable bonds is 1. The highest BCUT2D eigenvalue weighted by molar-refractivity contribution is 5.47. The van der Waals surface area contributed by atoms with Crippen LogP contribution < -0.4 is 0 Å². The van der Waals surface area contributed by atoms with Gasteiger partial charge in [0.2, 0.25) is 0 Å². The van der Waals surface area contributed by atoms with Crippen LogP contribution in [0.4, 0.5) is 0 Å². The molecule has 0 radical (unpaired) electrons. The molecule has 0 heterocycles. The van der Waals surface area contributed by atoms with Crippen molar-refractivity contribution in [3.8, 4) is 17.2 Å². The Bertz CT molecular complexity index is 269. The molecule has 0 unspecified atom stereocenters.